The molecule has 1 unspecified atom stereocenters. The Balaban J connectivity index is 1.73. The fraction of sp³-hybridized carbons (Fsp3) is 0.0909. The summed E-state index contributed by atoms with van der Waals surface area (Å²) in [4.78, 5) is 45.2. The second-order valence-corrected chi connectivity index (χ2v) is 9.82. The maximum absolute atomic E-state index is 15.0. The van der Waals surface area contributed by atoms with E-state index in [1.54, 1.807) is 84.9 Å². The number of guanidine groups is 1. The summed E-state index contributed by atoms with van der Waals surface area (Å²) in [7, 11) is 0. The molecule has 10 heteroatoms. The number of hydrogen-bond donors (Lipinski definition) is 3. The second kappa shape index (κ2) is 10.5. The number of ketones is 1. The first-order chi connectivity index (χ1) is 20.8. The van der Waals surface area contributed by atoms with E-state index in [1.165, 1.54) is 33.7 Å². The number of rotatable bonds is 6. The monoisotopic (exact) mass is 575 g/mol. The first-order valence-electron chi connectivity index (χ1n) is 13.5. The molecule has 4 aromatic rings. The topological polar surface area (TPSA) is 136 Å². The van der Waals surface area contributed by atoms with Crippen LogP contribution in [0.2, 0.25) is 0 Å². The number of hydrogen-bond acceptors (Lipinski definition) is 7. The Kier molecular flexibility index (Phi) is 6.66. The Morgan fingerprint density at radius 3 is 2.09 bits per heavy atom. The van der Waals surface area contributed by atoms with Crippen LogP contribution in [0.1, 0.15) is 12.5 Å². The number of Topliss-reactive ketones (excluding diaryl/α,β-unsaturated/α-hetero) is 1. The quantitative estimate of drug-likeness (QED) is 0.136. The van der Waals surface area contributed by atoms with Gasteiger partial charge in [0, 0.05) is 5.56 Å². The van der Waals surface area contributed by atoms with Gasteiger partial charge in [0.05, 0.1) is 12.3 Å². The van der Waals surface area contributed by atoms with E-state index < -0.39 is 34.6 Å². The molecule has 2 amide bonds. The lowest BCUT2D eigenvalue weighted by molar-refractivity contribution is -0.494. The number of aromatic hydroxyl groups is 1. The molecule has 4 N–H and O–H groups in total. The standard InChI is InChI=1S/C33H26N4O6/c1-2-43-24-19-17-21(18-20-24)28(39)27-29(40)30(41)37(25-15-9-10-16-26(25)38)33(27)31(42)35(22-11-5-3-6-12-22)32(34)36(33)23-13-7-4-8-14-23/h3-20,34H,2H2,1H3,(H2,38,39,40)/p+1. The zero-order chi connectivity index (χ0) is 30.3. The number of carbonyl (C=O) groups excluding carboxylic acids is 3. The molecule has 1 saturated heterocycles. The number of nitrogens with two attached hydrogens (primary N) is 1. The number of nitrogens with zero attached hydrogens (tertiary/aromatic N) is 3. The predicted molar refractivity (Wildman–Crippen MR) is 160 cm³/mol. The summed E-state index contributed by atoms with van der Waals surface area (Å²) >= 11 is 0. The van der Waals surface area contributed by atoms with Gasteiger partial charge in [-0.3, -0.25) is 20.2 Å². The molecule has 0 bridgehead atoms. The molecule has 0 aliphatic carbocycles. The molecule has 2 aliphatic rings. The molecule has 4 aromatic carbocycles. The molecule has 6 rings (SSSR count). The van der Waals surface area contributed by atoms with Crippen LogP contribution in [-0.2, 0) is 14.4 Å². The van der Waals surface area contributed by atoms with Crippen LogP contribution in [-0.4, -0.2) is 50.6 Å². The molecular formula is C33H27N4O6+. The van der Waals surface area contributed by atoms with E-state index in [-0.39, 0.29) is 23.0 Å². The number of phenolic OH excluding ortho intramolecular Hbond substituents is 1. The largest absolute Gasteiger partial charge is 0.507 e. The number of carbonyl (C=O) groups is 3. The van der Waals surface area contributed by atoms with Crippen LogP contribution in [0.25, 0.3) is 5.76 Å². The summed E-state index contributed by atoms with van der Waals surface area (Å²) in [6.07, 6.45) is 0. The van der Waals surface area contributed by atoms with Crippen molar-refractivity contribution in [2.75, 3.05) is 16.4 Å². The Hall–Kier alpha value is -5.90. The average molecular weight is 576 g/mol. The Bertz CT molecular complexity index is 1820. The van der Waals surface area contributed by atoms with Crippen molar-refractivity contribution in [3.8, 4) is 11.5 Å². The summed E-state index contributed by atoms with van der Waals surface area (Å²) in [6.45, 7) is 2.25. The van der Waals surface area contributed by atoms with Gasteiger partial charge < -0.3 is 14.9 Å². The number of phenols is 1. The van der Waals surface area contributed by atoms with Gasteiger partial charge in [-0.15, -0.1) is 0 Å². The Morgan fingerprint density at radius 2 is 1.47 bits per heavy atom. The molecule has 214 valence electrons. The fourth-order valence-corrected chi connectivity index (χ4v) is 5.61. The van der Waals surface area contributed by atoms with Crippen molar-refractivity contribution in [3.63, 3.8) is 0 Å². The normalized spacial score (nSPS) is 19.5. The number of amides is 2. The van der Waals surface area contributed by atoms with Crippen molar-refractivity contribution < 1.29 is 33.9 Å². The van der Waals surface area contributed by atoms with Crippen LogP contribution in [0.4, 0.5) is 17.1 Å². The summed E-state index contributed by atoms with van der Waals surface area (Å²) in [5.74, 6) is -3.63. The van der Waals surface area contributed by atoms with Gasteiger partial charge in [-0.1, -0.05) is 48.5 Å². The lowest BCUT2D eigenvalue weighted by Gasteiger charge is -2.33. The number of anilines is 2. The van der Waals surface area contributed by atoms with Gasteiger partial charge in [0.25, 0.3) is 5.78 Å². The van der Waals surface area contributed by atoms with Gasteiger partial charge >= 0.3 is 23.4 Å². The number of aliphatic hydroxyl groups is 1. The SMILES string of the molecule is CCOc1ccc(/C(O)=C2\C(=O)C(=O)N(c3ccccc3O)C23C(=O)N(c2ccccc2)C(N)=[N+]3c2ccccc2)cc1. The van der Waals surface area contributed by atoms with Gasteiger partial charge in [-0.2, -0.15) is 9.48 Å². The third-order valence-corrected chi connectivity index (χ3v) is 7.41. The van der Waals surface area contributed by atoms with Crippen molar-refractivity contribution >= 4 is 46.4 Å². The van der Waals surface area contributed by atoms with Crippen LogP contribution in [0.15, 0.2) is 115 Å². The van der Waals surface area contributed by atoms with E-state index in [0.29, 0.717) is 23.7 Å². The molecule has 43 heavy (non-hydrogen) atoms. The van der Waals surface area contributed by atoms with Crippen molar-refractivity contribution in [2.45, 2.75) is 12.6 Å². The highest BCUT2D eigenvalue weighted by Gasteiger charge is 2.74. The zero-order valence-corrected chi connectivity index (χ0v) is 23.0. The summed E-state index contributed by atoms with van der Waals surface area (Å²) in [5.41, 5.74) is 4.66. The van der Waals surface area contributed by atoms with Crippen molar-refractivity contribution in [2.24, 2.45) is 5.73 Å². The molecule has 2 aliphatic heterocycles. The number of benzene rings is 4. The third-order valence-electron chi connectivity index (χ3n) is 7.41. The van der Waals surface area contributed by atoms with Crippen molar-refractivity contribution in [1.29, 1.82) is 0 Å². The summed E-state index contributed by atoms with van der Waals surface area (Å²) in [6, 6.07) is 29.1. The molecule has 10 nitrogen and oxygen atoms in total. The first kappa shape index (κ1) is 27.3. The minimum Gasteiger partial charge on any atom is -0.507 e. The minimum atomic E-state index is -2.36. The van der Waals surface area contributed by atoms with Gasteiger partial charge in [0.2, 0.25) is 0 Å². The maximum Gasteiger partial charge on any atom is 0.366 e. The number of aliphatic hydroxyl groups excluding tert-OH is 1. The van der Waals surface area contributed by atoms with E-state index in [0.717, 1.165) is 4.90 Å². The van der Waals surface area contributed by atoms with Gasteiger partial charge in [-0.05, 0) is 67.6 Å². The van der Waals surface area contributed by atoms with E-state index in [9.17, 15) is 24.6 Å². The Labute approximate surface area is 246 Å². The zero-order valence-electron chi connectivity index (χ0n) is 23.0. The molecule has 1 spiro atoms. The van der Waals surface area contributed by atoms with Crippen LogP contribution in [0.5, 0.6) is 11.5 Å². The van der Waals surface area contributed by atoms with E-state index >= 15 is 0 Å². The molecular weight excluding hydrogens is 548 g/mol. The molecule has 2 heterocycles. The van der Waals surface area contributed by atoms with Crippen LogP contribution < -0.4 is 20.3 Å². The minimum absolute atomic E-state index is 0.118. The number of para-hydroxylation sites is 4. The lowest BCUT2D eigenvalue weighted by Crippen LogP contribution is -2.59. The summed E-state index contributed by atoms with van der Waals surface area (Å²) in [5, 5.41) is 22.8. The highest BCUT2D eigenvalue weighted by molar-refractivity contribution is 6.55. The highest BCUT2D eigenvalue weighted by Crippen LogP contribution is 2.49. The van der Waals surface area contributed by atoms with Crippen molar-refractivity contribution in [3.05, 3.63) is 120 Å². The highest BCUT2D eigenvalue weighted by atomic mass is 16.5. The van der Waals surface area contributed by atoms with Gasteiger partial charge in [0.15, 0.2) is 0 Å². The Morgan fingerprint density at radius 1 is 0.860 bits per heavy atom. The molecule has 0 radical (unpaired) electrons. The molecule has 1 atom stereocenters. The van der Waals surface area contributed by atoms with Crippen LogP contribution in [0.3, 0.4) is 0 Å². The van der Waals surface area contributed by atoms with E-state index in [2.05, 4.69) is 0 Å². The van der Waals surface area contributed by atoms with Gasteiger partial charge in [0.1, 0.15) is 34.2 Å². The first-order valence-corrected chi connectivity index (χ1v) is 13.5. The van der Waals surface area contributed by atoms with Crippen LogP contribution in [0, 0.1) is 0 Å². The summed E-state index contributed by atoms with van der Waals surface area (Å²) < 4.78 is 6.86. The van der Waals surface area contributed by atoms with Gasteiger partial charge in [-0.25, -0.2) is 4.79 Å². The number of ether oxygens (including phenoxy) is 1. The van der Waals surface area contributed by atoms with Crippen molar-refractivity contribution in [1.82, 2.24) is 0 Å². The smallest absolute Gasteiger partial charge is 0.366 e. The lowest BCUT2D eigenvalue weighted by atomic mass is 9.92. The van der Waals surface area contributed by atoms with E-state index in [1.807, 2.05) is 6.92 Å². The second-order valence-electron chi connectivity index (χ2n) is 9.82. The predicted octanol–water partition coefficient (Wildman–Crippen LogP) is 4.08. The van der Waals surface area contributed by atoms with Crippen LogP contribution >= 0.6 is 0 Å². The fourth-order valence-electron chi connectivity index (χ4n) is 5.61. The molecule has 0 saturated carbocycles. The molecule has 1 fully saturated rings. The average Bonchev–Trinajstić information content (AvgIpc) is 3.39. The van der Waals surface area contributed by atoms with E-state index in [4.69, 9.17) is 10.5 Å². The maximum atomic E-state index is 15.0. The third kappa shape index (κ3) is 4.03. The molecule has 0 aromatic heterocycles.